The number of rotatable bonds is 2. The van der Waals surface area contributed by atoms with Crippen molar-refractivity contribution < 1.29 is 0 Å². The molecule has 0 spiro atoms. The van der Waals surface area contributed by atoms with Gasteiger partial charge in [-0.2, -0.15) is 0 Å². The van der Waals surface area contributed by atoms with Crippen LogP contribution in [-0.4, -0.2) is 9.55 Å². The fourth-order valence-corrected chi connectivity index (χ4v) is 3.05. The maximum atomic E-state index is 6.35. The van der Waals surface area contributed by atoms with E-state index in [1.165, 1.54) is 12.8 Å². The molecule has 21 heavy (non-hydrogen) atoms. The van der Waals surface area contributed by atoms with Crippen molar-refractivity contribution in [2.45, 2.75) is 18.9 Å². The zero-order valence-corrected chi connectivity index (χ0v) is 12.7. The summed E-state index contributed by atoms with van der Waals surface area (Å²) in [6.45, 7) is 0. The van der Waals surface area contributed by atoms with Crippen LogP contribution in [0.4, 0.5) is 5.69 Å². The standard InChI is InChI=1S/C16H13Cl2N3/c17-9-1-6-15-14(7-9)20-16(21(15)11-3-4-11)12-8-10(19)2-5-13(12)18/h1-2,5-8,11H,3-4,19H2. The highest BCUT2D eigenvalue weighted by Crippen LogP contribution is 2.43. The second kappa shape index (κ2) is 4.65. The monoisotopic (exact) mass is 317 g/mol. The largest absolute Gasteiger partial charge is 0.399 e. The van der Waals surface area contributed by atoms with E-state index in [0.29, 0.717) is 21.8 Å². The second-order valence-corrected chi connectivity index (χ2v) is 6.25. The summed E-state index contributed by atoms with van der Waals surface area (Å²) in [5.41, 5.74) is 9.45. The van der Waals surface area contributed by atoms with Gasteiger partial charge in [0.1, 0.15) is 5.82 Å². The summed E-state index contributed by atoms with van der Waals surface area (Å²) in [7, 11) is 0. The quantitative estimate of drug-likeness (QED) is 0.681. The number of nitrogens with zero attached hydrogens (tertiary/aromatic N) is 2. The Morgan fingerprint density at radius 3 is 2.67 bits per heavy atom. The number of nitrogens with two attached hydrogens (primary N) is 1. The van der Waals surface area contributed by atoms with Gasteiger partial charge in [-0.15, -0.1) is 0 Å². The second-order valence-electron chi connectivity index (χ2n) is 5.41. The molecule has 0 unspecified atom stereocenters. The third-order valence-electron chi connectivity index (χ3n) is 3.79. The first-order valence-corrected chi connectivity index (χ1v) is 7.62. The van der Waals surface area contributed by atoms with Crippen LogP contribution in [0.3, 0.4) is 0 Å². The maximum Gasteiger partial charge on any atom is 0.142 e. The van der Waals surface area contributed by atoms with E-state index in [4.69, 9.17) is 33.9 Å². The lowest BCUT2D eigenvalue weighted by Gasteiger charge is -2.09. The average molecular weight is 318 g/mol. The molecule has 3 aromatic rings. The Labute approximate surface area is 132 Å². The molecule has 106 valence electrons. The first-order chi connectivity index (χ1) is 10.1. The Balaban J connectivity index is 2.03. The molecular weight excluding hydrogens is 305 g/mol. The Morgan fingerprint density at radius 1 is 1.10 bits per heavy atom. The minimum atomic E-state index is 0.490. The topological polar surface area (TPSA) is 43.8 Å². The number of halogens is 2. The van der Waals surface area contributed by atoms with E-state index in [2.05, 4.69) is 4.57 Å². The smallest absolute Gasteiger partial charge is 0.142 e. The van der Waals surface area contributed by atoms with Crippen molar-refractivity contribution in [3.63, 3.8) is 0 Å². The molecule has 0 radical (unpaired) electrons. The fourth-order valence-electron chi connectivity index (χ4n) is 2.68. The van der Waals surface area contributed by atoms with Crippen molar-refractivity contribution in [1.82, 2.24) is 9.55 Å². The molecule has 5 heteroatoms. The highest BCUT2D eigenvalue weighted by atomic mass is 35.5. The first-order valence-electron chi connectivity index (χ1n) is 6.86. The molecule has 0 atom stereocenters. The van der Waals surface area contributed by atoms with E-state index < -0.39 is 0 Å². The zero-order chi connectivity index (χ0) is 14.6. The van der Waals surface area contributed by atoms with Crippen molar-refractivity contribution in [2.75, 3.05) is 5.73 Å². The summed E-state index contributed by atoms with van der Waals surface area (Å²) in [6, 6.07) is 11.8. The summed E-state index contributed by atoms with van der Waals surface area (Å²) in [5.74, 6) is 0.868. The molecule has 2 aromatic carbocycles. The molecule has 0 saturated heterocycles. The van der Waals surface area contributed by atoms with Gasteiger partial charge in [-0.25, -0.2) is 4.98 Å². The molecule has 0 bridgehead atoms. The summed E-state index contributed by atoms with van der Waals surface area (Å²) in [6.07, 6.45) is 2.34. The molecule has 1 aliphatic rings. The molecule has 1 saturated carbocycles. The Kier molecular flexibility index (Phi) is 2.88. The van der Waals surface area contributed by atoms with E-state index >= 15 is 0 Å². The van der Waals surface area contributed by atoms with Gasteiger partial charge in [0.2, 0.25) is 0 Å². The summed E-state index contributed by atoms with van der Waals surface area (Å²) >= 11 is 12.4. The Bertz CT molecular complexity index is 850. The van der Waals surface area contributed by atoms with Crippen LogP contribution in [0, 0.1) is 0 Å². The van der Waals surface area contributed by atoms with Gasteiger partial charge in [0.15, 0.2) is 0 Å². The normalized spacial score (nSPS) is 14.8. The van der Waals surface area contributed by atoms with Crippen molar-refractivity contribution in [3.8, 4) is 11.4 Å². The molecule has 3 nitrogen and oxygen atoms in total. The third kappa shape index (κ3) is 2.17. The van der Waals surface area contributed by atoms with E-state index in [1.54, 1.807) is 6.07 Å². The predicted molar refractivity (Wildman–Crippen MR) is 87.9 cm³/mol. The lowest BCUT2D eigenvalue weighted by Crippen LogP contribution is -1.98. The first kappa shape index (κ1) is 13.0. The minimum absolute atomic E-state index is 0.490. The van der Waals surface area contributed by atoms with Crippen LogP contribution in [0.1, 0.15) is 18.9 Å². The molecule has 1 heterocycles. The van der Waals surface area contributed by atoms with Gasteiger partial charge in [0, 0.05) is 22.3 Å². The van der Waals surface area contributed by atoms with Crippen LogP contribution < -0.4 is 5.73 Å². The molecule has 1 aromatic heterocycles. The zero-order valence-electron chi connectivity index (χ0n) is 11.2. The van der Waals surface area contributed by atoms with E-state index in [1.807, 2.05) is 30.3 Å². The Morgan fingerprint density at radius 2 is 1.90 bits per heavy atom. The third-order valence-corrected chi connectivity index (χ3v) is 4.36. The van der Waals surface area contributed by atoms with E-state index in [-0.39, 0.29) is 0 Å². The molecule has 1 fully saturated rings. The van der Waals surface area contributed by atoms with Crippen molar-refractivity contribution in [2.24, 2.45) is 0 Å². The summed E-state index contributed by atoms with van der Waals surface area (Å²) in [4.78, 5) is 4.75. The number of nitrogen functional groups attached to an aromatic ring is 1. The van der Waals surface area contributed by atoms with Gasteiger partial charge >= 0.3 is 0 Å². The van der Waals surface area contributed by atoms with Crippen LogP contribution in [0.25, 0.3) is 22.4 Å². The van der Waals surface area contributed by atoms with Crippen molar-refractivity contribution in [3.05, 3.63) is 46.4 Å². The number of benzene rings is 2. The number of imidazole rings is 1. The van der Waals surface area contributed by atoms with Crippen LogP contribution in [0.2, 0.25) is 10.0 Å². The van der Waals surface area contributed by atoms with E-state index in [9.17, 15) is 0 Å². The highest BCUT2D eigenvalue weighted by Gasteiger charge is 2.29. The van der Waals surface area contributed by atoms with Crippen molar-refractivity contribution in [1.29, 1.82) is 0 Å². The summed E-state index contributed by atoms with van der Waals surface area (Å²) in [5, 5.41) is 1.35. The van der Waals surface area contributed by atoms with Gasteiger partial charge in [-0.3, -0.25) is 0 Å². The summed E-state index contributed by atoms with van der Waals surface area (Å²) < 4.78 is 2.26. The molecule has 1 aliphatic carbocycles. The number of anilines is 1. The molecule has 0 aliphatic heterocycles. The van der Waals surface area contributed by atoms with Gasteiger partial charge in [-0.05, 0) is 49.2 Å². The molecule has 2 N–H and O–H groups in total. The van der Waals surface area contributed by atoms with Gasteiger partial charge in [-0.1, -0.05) is 23.2 Å². The highest BCUT2D eigenvalue weighted by molar-refractivity contribution is 6.33. The number of aromatic nitrogens is 2. The number of hydrogen-bond acceptors (Lipinski definition) is 2. The Hall–Kier alpha value is -1.71. The van der Waals surface area contributed by atoms with Gasteiger partial charge < -0.3 is 10.3 Å². The predicted octanol–water partition coefficient (Wildman–Crippen LogP) is 4.93. The van der Waals surface area contributed by atoms with Crippen molar-refractivity contribution >= 4 is 39.9 Å². The number of fused-ring (bicyclic) bond motifs is 1. The number of hydrogen-bond donors (Lipinski definition) is 1. The lowest BCUT2D eigenvalue weighted by molar-refractivity contribution is 0.775. The SMILES string of the molecule is Nc1ccc(Cl)c(-c2nc3cc(Cl)ccc3n2C2CC2)c1. The van der Waals surface area contributed by atoms with Crippen LogP contribution in [0.5, 0.6) is 0 Å². The molecule has 4 rings (SSSR count). The van der Waals surface area contributed by atoms with E-state index in [0.717, 1.165) is 22.4 Å². The lowest BCUT2D eigenvalue weighted by atomic mass is 10.2. The minimum Gasteiger partial charge on any atom is -0.399 e. The van der Waals surface area contributed by atoms with Crippen LogP contribution in [0.15, 0.2) is 36.4 Å². The van der Waals surface area contributed by atoms with Gasteiger partial charge in [0.05, 0.1) is 16.1 Å². The van der Waals surface area contributed by atoms with Crippen LogP contribution in [-0.2, 0) is 0 Å². The fraction of sp³-hybridized carbons (Fsp3) is 0.188. The van der Waals surface area contributed by atoms with Gasteiger partial charge in [0.25, 0.3) is 0 Å². The molecule has 0 amide bonds. The average Bonchev–Trinajstić information content (AvgIpc) is 3.22. The maximum absolute atomic E-state index is 6.35. The van der Waals surface area contributed by atoms with Crippen LogP contribution >= 0.6 is 23.2 Å². The molecular formula is C16H13Cl2N3.